The second-order valence-corrected chi connectivity index (χ2v) is 11.0. The number of hydrazone groups is 1. The molecule has 2 saturated heterocycles. The molecule has 4 rings (SSSR count). The molecule has 1 unspecified atom stereocenters. The molecule has 8 nitrogen and oxygen atoms in total. The van der Waals surface area contributed by atoms with E-state index in [2.05, 4.69) is 47.9 Å². The second kappa shape index (κ2) is 11.0. The predicted octanol–water partition coefficient (Wildman–Crippen LogP) is 4.04. The molecule has 0 aromatic carbocycles. The molecular formula is C25H42N6O2. The van der Waals surface area contributed by atoms with Crippen LogP contribution in [0.2, 0.25) is 0 Å². The summed E-state index contributed by atoms with van der Waals surface area (Å²) in [5.41, 5.74) is 4.84. The molecule has 3 heterocycles. The zero-order valence-electron chi connectivity index (χ0n) is 21.0. The zero-order chi connectivity index (χ0) is 23.3. The van der Waals surface area contributed by atoms with Gasteiger partial charge in [-0.15, -0.1) is 0 Å². The molecule has 2 aliphatic heterocycles. The number of anilines is 2. The van der Waals surface area contributed by atoms with Crippen molar-refractivity contribution in [1.82, 2.24) is 14.9 Å². The van der Waals surface area contributed by atoms with Crippen molar-refractivity contribution < 1.29 is 9.47 Å². The van der Waals surface area contributed by atoms with Gasteiger partial charge in [0.25, 0.3) is 0 Å². The van der Waals surface area contributed by atoms with Crippen LogP contribution in [0, 0.1) is 17.3 Å². The number of hydrogen-bond donors (Lipinski definition) is 1. The van der Waals surface area contributed by atoms with Gasteiger partial charge in [0, 0.05) is 44.5 Å². The molecular weight excluding hydrogens is 416 g/mol. The maximum atomic E-state index is 6.00. The Morgan fingerprint density at radius 1 is 1.12 bits per heavy atom. The van der Waals surface area contributed by atoms with Crippen LogP contribution in [-0.2, 0) is 4.74 Å². The lowest BCUT2D eigenvalue weighted by atomic mass is 9.72. The van der Waals surface area contributed by atoms with E-state index >= 15 is 0 Å². The molecule has 0 spiro atoms. The van der Waals surface area contributed by atoms with E-state index in [0.29, 0.717) is 29.8 Å². The monoisotopic (exact) mass is 458 g/mol. The predicted molar refractivity (Wildman–Crippen MR) is 133 cm³/mol. The maximum absolute atomic E-state index is 6.00. The average Bonchev–Trinajstić information content (AvgIpc) is 3.24. The number of aromatic nitrogens is 2. The highest BCUT2D eigenvalue weighted by atomic mass is 16.5. The zero-order valence-corrected chi connectivity index (χ0v) is 21.0. The lowest BCUT2D eigenvalue weighted by Crippen LogP contribution is -2.38. The number of hydrogen-bond acceptors (Lipinski definition) is 8. The number of nitrogens with zero attached hydrogens (tertiary/aromatic N) is 5. The largest absolute Gasteiger partial charge is 0.462 e. The van der Waals surface area contributed by atoms with Crippen molar-refractivity contribution in [1.29, 1.82) is 0 Å². The van der Waals surface area contributed by atoms with Crippen LogP contribution >= 0.6 is 0 Å². The second-order valence-electron chi connectivity index (χ2n) is 11.0. The number of rotatable bonds is 7. The van der Waals surface area contributed by atoms with Crippen LogP contribution in [0.3, 0.4) is 0 Å². The molecule has 33 heavy (non-hydrogen) atoms. The van der Waals surface area contributed by atoms with Gasteiger partial charge in [-0.05, 0) is 49.4 Å². The molecule has 8 heteroatoms. The minimum Gasteiger partial charge on any atom is -0.462 e. The smallest absolute Gasteiger partial charge is 0.320 e. The van der Waals surface area contributed by atoms with Crippen molar-refractivity contribution >= 4 is 17.3 Å². The Balaban J connectivity index is 1.39. The number of ether oxygens (including phenoxy) is 2. The Morgan fingerprint density at radius 2 is 1.88 bits per heavy atom. The van der Waals surface area contributed by atoms with Crippen LogP contribution < -0.4 is 15.1 Å². The SMILES string of the molecule is CC1CCN(c2cc(NN=C3CCC(C(C)(C)C)CC3)nc(OCCN3CCOCC3)n2)C1. The number of morpholine rings is 1. The van der Waals surface area contributed by atoms with Crippen molar-refractivity contribution in [3.63, 3.8) is 0 Å². The molecule has 1 aliphatic carbocycles. The van der Waals surface area contributed by atoms with Gasteiger partial charge in [0.1, 0.15) is 12.4 Å². The summed E-state index contributed by atoms with van der Waals surface area (Å²) in [4.78, 5) is 14.0. The Kier molecular flexibility index (Phi) is 8.07. The van der Waals surface area contributed by atoms with Crippen LogP contribution in [0.4, 0.5) is 11.6 Å². The fraction of sp³-hybridized carbons (Fsp3) is 0.800. The van der Waals surface area contributed by atoms with Crippen molar-refractivity contribution in [2.24, 2.45) is 22.4 Å². The molecule has 1 aromatic rings. The van der Waals surface area contributed by atoms with Crippen LogP contribution in [0.15, 0.2) is 11.2 Å². The molecule has 0 bridgehead atoms. The third-order valence-electron chi connectivity index (χ3n) is 7.30. The third kappa shape index (κ3) is 7.03. The fourth-order valence-electron chi connectivity index (χ4n) is 5.00. The molecule has 1 saturated carbocycles. The maximum Gasteiger partial charge on any atom is 0.320 e. The lowest BCUT2D eigenvalue weighted by molar-refractivity contribution is 0.0317. The minimum atomic E-state index is 0.376. The molecule has 1 N–H and O–H groups in total. The Morgan fingerprint density at radius 3 is 2.55 bits per heavy atom. The van der Waals surface area contributed by atoms with Gasteiger partial charge in [-0.1, -0.05) is 27.7 Å². The third-order valence-corrected chi connectivity index (χ3v) is 7.30. The van der Waals surface area contributed by atoms with Crippen molar-refractivity contribution in [3.8, 4) is 6.01 Å². The molecule has 3 aliphatic rings. The average molecular weight is 459 g/mol. The molecule has 0 amide bonds. The van der Waals surface area contributed by atoms with Gasteiger partial charge in [-0.25, -0.2) is 0 Å². The quantitative estimate of drug-likeness (QED) is 0.618. The van der Waals surface area contributed by atoms with E-state index in [1.807, 2.05) is 6.07 Å². The lowest BCUT2D eigenvalue weighted by Gasteiger charge is -2.34. The highest BCUT2D eigenvalue weighted by molar-refractivity contribution is 5.85. The van der Waals surface area contributed by atoms with Crippen molar-refractivity contribution in [2.45, 2.75) is 59.8 Å². The first-order chi connectivity index (χ1) is 15.9. The van der Waals surface area contributed by atoms with Gasteiger partial charge in [0.15, 0.2) is 5.82 Å². The van der Waals surface area contributed by atoms with E-state index in [0.717, 1.165) is 70.5 Å². The van der Waals surface area contributed by atoms with E-state index in [1.54, 1.807) is 0 Å². The van der Waals surface area contributed by atoms with Crippen LogP contribution in [0.25, 0.3) is 0 Å². The summed E-state index contributed by atoms with van der Waals surface area (Å²) in [5.74, 6) is 3.09. The molecule has 1 aromatic heterocycles. The normalized spacial score (nSPS) is 24.7. The summed E-state index contributed by atoms with van der Waals surface area (Å²) in [6, 6.07) is 2.44. The summed E-state index contributed by atoms with van der Waals surface area (Å²) in [6.45, 7) is 16.3. The summed E-state index contributed by atoms with van der Waals surface area (Å²) in [7, 11) is 0. The van der Waals surface area contributed by atoms with Crippen molar-refractivity contribution in [2.75, 3.05) is 62.9 Å². The van der Waals surface area contributed by atoms with E-state index in [9.17, 15) is 0 Å². The molecule has 1 atom stereocenters. The standard InChI is InChI=1S/C25H42N6O2/c1-19-9-10-31(18-19)23-17-22(29-28-21-7-5-20(6-8-21)25(2,3)4)26-24(27-23)33-16-13-30-11-14-32-15-12-30/h17,19-20H,5-16,18H2,1-4H3,(H,26,27,29). The summed E-state index contributed by atoms with van der Waals surface area (Å²) < 4.78 is 11.4. The van der Waals surface area contributed by atoms with Crippen molar-refractivity contribution in [3.05, 3.63) is 6.07 Å². The molecule has 0 radical (unpaired) electrons. The van der Waals surface area contributed by atoms with E-state index in [4.69, 9.17) is 19.6 Å². The van der Waals surface area contributed by atoms with Gasteiger partial charge in [0.05, 0.1) is 13.2 Å². The van der Waals surface area contributed by atoms with Gasteiger partial charge in [-0.2, -0.15) is 15.1 Å². The summed E-state index contributed by atoms with van der Waals surface area (Å²) in [5, 5.41) is 4.73. The van der Waals surface area contributed by atoms with Gasteiger partial charge < -0.3 is 14.4 Å². The van der Waals surface area contributed by atoms with E-state index in [1.165, 1.54) is 25.0 Å². The van der Waals surface area contributed by atoms with Crippen LogP contribution in [-0.4, -0.2) is 73.1 Å². The van der Waals surface area contributed by atoms with Crippen LogP contribution in [0.1, 0.15) is 59.8 Å². The van der Waals surface area contributed by atoms with Crippen LogP contribution in [0.5, 0.6) is 6.01 Å². The van der Waals surface area contributed by atoms with Gasteiger partial charge >= 0.3 is 6.01 Å². The molecule has 184 valence electrons. The summed E-state index contributed by atoms with van der Waals surface area (Å²) in [6.07, 6.45) is 5.72. The Bertz CT molecular complexity index is 793. The van der Waals surface area contributed by atoms with E-state index < -0.39 is 0 Å². The summed E-state index contributed by atoms with van der Waals surface area (Å²) >= 11 is 0. The van der Waals surface area contributed by atoms with E-state index in [-0.39, 0.29) is 0 Å². The van der Waals surface area contributed by atoms with Gasteiger partial charge in [0.2, 0.25) is 0 Å². The minimum absolute atomic E-state index is 0.376. The first-order valence-corrected chi connectivity index (χ1v) is 12.8. The topological polar surface area (TPSA) is 75.1 Å². The first-order valence-electron chi connectivity index (χ1n) is 12.8. The fourth-order valence-corrected chi connectivity index (χ4v) is 5.00. The Labute approximate surface area is 199 Å². The highest BCUT2D eigenvalue weighted by Crippen LogP contribution is 2.37. The molecule has 3 fully saturated rings. The highest BCUT2D eigenvalue weighted by Gasteiger charge is 2.28. The van der Waals surface area contributed by atoms with Gasteiger partial charge in [-0.3, -0.25) is 10.3 Å². The first kappa shape index (κ1) is 24.2. The Hall–Kier alpha value is -1.93. The number of nitrogens with one attached hydrogen (secondary N) is 1.